The fourth-order valence-corrected chi connectivity index (χ4v) is 4.19. The van der Waals surface area contributed by atoms with Crippen LogP contribution in [0, 0.1) is 11.3 Å². The van der Waals surface area contributed by atoms with Gasteiger partial charge in [0, 0.05) is 12.6 Å². The van der Waals surface area contributed by atoms with Gasteiger partial charge in [0.15, 0.2) is 0 Å². The first kappa shape index (κ1) is 23.2. The molecule has 4 rings (SSSR count). The van der Waals surface area contributed by atoms with E-state index in [4.69, 9.17) is 27.3 Å². The molecule has 6 nitrogen and oxygen atoms in total. The lowest BCUT2D eigenvalue weighted by Gasteiger charge is -2.20. The number of rotatable bonds is 8. The van der Waals surface area contributed by atoms with Gasteiger partial charge >= 0.3 is 0 Å². The minimum Gasteiger partial charge on any atom is -0.369 e. The predicted molar refractivity (Wildman–Crippen MR) is 131 cm³/mol. The zero-order valence-corrected chi connectivity index (χ0v) is 19.4. The average Bonchev–Trinajstić information content (AvgIpc) is 3.26. The topological polar surface area (TPSA) is 93.9 Å². The summed E-state index contributed by atoms with van der Waals surface area (Å²) in [5.41, 5.74) is 11.1. The molecule has 0 saturated carbocycles. The van der Waals surface area contributed by atoms with Gasteiger partial charge in [-0.1, -0.05) is 66.2 Å². The van der Waals surface area contributed by atoms with E-state index in [-0.39, 0.29) is 12.5 Å². The Kier molecular flexibility index (Phi) is 7.07. The number of primary amides is 1. The lowest BCUT2D eigenvalue weighted by molar-refractivity contribution is -0.117. The van der Waals surface area contributed by atoms with Crippen molar-refractivity contribution in [1.29, 1.82) is 5.26 Å². The van der Waals surface area contributed by atoms with Gasteiger partial charge in [0.25, 0.3) is 0 Å². The number of nitrogens with two attached hydrogens (primary N) is 1. The van der Waals surface area contributed by atoms with Gasteiger partial charge in [0.05, 0.1) is 47.9 Å². The van der Waals surface area contributed by atoms with Crippen LogP contribution < -0.4 is 5.73 Å². The van der Waals surface area contributed by atoms with Gasteiger partial charge in [0.2, 0.25) is 5.91 Å². The molecule has 170 valence electrons. The first-order chi connectivity index (χ1) is 16.5. The number of carbonyl (C=O) groups is 1. The first-order valence-electron chi connectivity index (χ1n) is 10.7. The van der Waals surface area contributed by atoms with Gasteiger partial charge in [-0.2, -0.15) is 5.26 Å². The largest absolute Gasteiger partial charge is 0.369 e. The van der Waals surface area contributed by atoms with Crippen LogP contribution in [0.1, 0.15) is 34.1 Å². The molecule has 4 aromatic rings. The van der Waals surface area contributed by atoms with Crippen LogP contribution in [0.2, 0.25) is 5.02 Å². The summed E-state index contributed by atoms with van der Waals surface area (Å²) in [6, 6.07) is 22.9. The third-order valence-electron chi connectivity index (χ3n) is 5.62. The molecule has 0 aliphatic carbocycles. The number of carbonyl (C=O) groups excluding carboxylic acids is 1. The lowest BCUT2D eigenvalue weighted by atomic mass is 9.97. The van der Waals surface area contributed by atoms with E-state index in [2.05, 4.69) is 11.1 Å². The summed E-state index contributed by atoms with van der Waals surface area (Å²) in [4.78, 5) is 15.7. The van der Waals surface area contributed by atoms with E-state index in [1.54, 1.807) is 30.7 Å². The highest BCUT2D eigenvalue weighted by Gasteiger charge is 2.20. The Morgan fingerprint density at radius 1 is 1.09 bits per heavy atom. The molecule has 0 saturated heterocycles. The summed E-state index contributed by atoms with van der Waals surface area (Å²) in [5.74, 6) is -0.433. The van der Waals surface area contributed by atoms with Gasteiger partial charge in [-0.15, -0.1) is 0 Å². The average molecular weight is 471 g/mol. The van der Waals surface area contributed by atoms with Crippen LogP contribution in [-0.2, 0) is 29.6 Å². The summed E-state index contributed by atoms with van der Waals surface area (Å²) in [6.45, 7) is 0.308. The Morgan fingerprint density at radius 2 is 1.79 bits per heavy atom. The molecule has 34 heavy (non-hydrogen) atoms. The highest BCUT2D eigenvalue weighted by molar-refractivity contribution is 6.34. The smallest absolute Gasteiger partial charge is 0.221 e. The third-order valence-corrected chi connectivity index (χ3v) is 6.07. The van der Waals surface area contributed by atoms with Crippen LogP contribution >= 0.6 is 11.6 Å². The number of nitriles is 1. The maximum atomic E-state index is 11.4. The van der Waals surface area contributed by atoms with Crippen LogP contribution in [0.5, 0.6) is 0 Å². The van der Waals surface area contributed by atoms with Crippen LogP contribution in [0.15, 0.2) is 79.3 Å². The number of nitrogens with zero attached hydrogens (tertiary/aromatic N) is 3. The highest BCUT2D eigenvalue weighted by atomic mass is 35.5. The highest BCUT2D eigenvalue weighted by Crippen LogP contribution is 2.35. The van der Waals surface area contributed by atoms with Crippen LogP contribution in [0.3, 0.4) is 0 Å². The minimum atomic E-state index is -0.433. The van der Waals surface area contributed by atoms with Gasteiger partial charge < -0.3 is 15.0 Å². The number of halogens is 1. The normalized spacial score (nSPS) is 11.7. The third kappa shape index (κ3) is 5.01. The van der Waals surface area contributed by atoms with Crippen molar-refractivity contribution >= 4 is 17.5 Å². The number of amides is 1. The van der Waals surface area contributed by atoms with E-state index in [1.807, 2.05) is 60.1 Å². The molecule has 0 aliphatic heterocycles. The Balaban J connectivity index is 1.67. The van der Waals surface area contributed by atoms with Crippen molar-refractivity contribution in [3.05, 3.63) is 112 Å². The zero-order chi connectivity index (χ0) is 24.1. The Bertz CT molecular complexity index is 1360. The zero-order valence-electron chi connectivity index (χ0n) is 18.6. The minimum absolute atomic E-state index is 0.0760. The molecule has 1 unspecified atom stereocenters. The lowest BCUT2D eigenvalue weighted by Crippen LogP contribution is -2.14. The van der Waals surface area contributed by atoms with E-state index in [0.717, 1.165) is 27.9 Å². The molecule has 0 radical (unpaired) electrons. The molecule has 2 N–H and O–H groups in total. The van der Waals surface area contributed by atoms with Gasteiger partial charge in [-0.3, -0.25) is 4.79 Å². The van der Waals surface area contributed by atoms with Crippen molar-refractivity contribution in [2.24, 2.45) is 12.8 Å². The quantitative estimate of drug-likeness (QED) is 0.394. The number of aromatic nitrogens is 2. The van der Waals surface area contributed by atoms with Gasteiger partial charge in [-0.25, -0.2) is 4.98 Å². The van der Waals surface area contributed by atoms with E-state index < -0.39 is 5.91 Å². The standard InChI is InChI=1S/C27H23ClN4O2/c1-32-17-31-15-24(32)27(19-11-9-18(14-29)10-12-19)34-16-21-5-2-3-7-22(21)23-8-4-6-20(26(23)28)13-25(30)33/h2-12,15,17,27H,13,16H2,1H3,(H2,30,33). The van der Waals surface area contributed by atoms with Crippen molar-refractivity contribution in [2.75, 3.05) is 0 Å². The molecule has 1 heterocycles. The molecule has 0 spiro atoms. The van der Waals surface area contributed by atoms with Gasteiger partial charge in [-0.05, 0) is 34.4 Å². The maximum Gasteiger partial charge on any atom is 0.221 e. The molecular formula is C27H23ClN4O2. The summed E-state index contributed by atoms with van der Waals surface area (Å²) < 4.78 is 8.36. The number of benzene rings is 3. The fraction of sp³-hybridized carbons (Fsp3) is 0.148. The summed E-state index contributed by atoms with van der Waals surface area (Å²) in [6.07, 6.45) is 3.20. The SMILES string of the molecule is Cn1cncc1C(OCc1ccccc1-c1cccc(CC(N)=O)c1Cl)c1ccc(C#N)cc1. The molecular weight excluding hydrogens is 448 g/mol. The molecule has 0 bridgehead atoms. The number of hydrogen-bond donors (Lipinski definition) is 1. The number of imidazole rings is 1. The second-order valence-electron chi connectivity index (χ2n) is 7.93. The molecule has 1 aromatic heterocycles. The summed E-state index contributed by atoms with van der Waals surface area (Å²) >= 11 is 6.66. The van der Waals surface area contributed by atoms with E-state index >= 15 is 0 Å². The van der Waals surface area contributed by atoms with E-state index in [0.29, 0.717) is 22.8 Å². The molecule has 1 atom stereocenters. The maximum absolute atomic E-state index is 11.4. The fourth-order valence-electron chi connectivity index (χ4n) is 3.90. The molecule has 7 heteroatoms. The van der Waals surface area contributed by atoms with Crippen molar-refractivity contribution < 1.29 is 9.53 Å². The number of aryl methyl sites for hydroxylation is 1. The van der Waals surface area contributed by atoms with Crippen molar-refractivity contribution in [3.63, 3.8) is 0 Å². The molecule has 0 fully saturated rings. The van der Waals surface area contributed by atoms with Crippen LogP contribution in [-0.4, -0.2) is 15.5 Å². The number of ether oxygens (including phenoxy) is 1. The second-order valence-corrected chi connectivity index (χ2v) is 8.31. The van der Waals surface area contributed by atoms with E-state index in [1.165, 1.54) is 0 Å². The van der Waals surface area contributed by atoms with Crippen molar-refractivity contribution in [1.82, 2.24) is 9.55 Å². The predicted octanol–water partition coefficient (Wildman–Crippen LogP) is 4.95. The van der Waals surface area contributed by atoms with Crippen LogP contribution in [0.4, 0.5) is 0 Å². The van der Waals surface area contributed by atoms with E-state index in [9.17, 15) is 4.79 Å². The molecule has 0 aliphatic rings. The number of hydrogen-bond acceptors (Lipinski definition) is 4. The first-order valence-corrected chi connectivity index (χ1v) is 11.1. The van der Waals surface area contributed by atoms with Crippen molar-refractivity contribution in [2.45, 2.75) is 19.1 Å². The second kappa shape index (κ2) is 10.3. The molecule has 3 aromatic carbocycles. The Labute approximate surface area is 203 Å². The summed E-state index contributed by atoms with van der Waals surface area (Å²) in [5, 5.41) is 9.65. The van der Waals surface area contributed by atoms with Crippen molar-refractivity contribution in [3.8, 4) is 17.2 Å². The van der Waals surface area contributed by atoms with Crippen LogP contribution in [0.25, 0.3) is 11.1 Å². The Morgan fingerprint density at radius 3 is 2.47 bits per heavy atom. The molecule has 1 amide bonds. The van der Waals surface area contributed by atoms with Gasteiger partial charge in [0.1, 0.15) is 6.10 Å². The Hall–Kier alpha value is -3.92. The monoisotopic (exact) mass is 470 g/mol. The summed E-state index contributed by atoms with van der Waals surface area (Å²) in [7, 11) is 1.92.